The minimum absolute atomic E-state index is 0.0163. The first-order valence-electron chi connectivity index (χ1n) is 5.93. The number of carbonyl (C=O) groups is 1. The second-order valence-electron chi connectivity index (χ2n) is 4.66. The lowest BCUT2D eigenvalue weighted by atomic mass is 10.2. The number of hydrogen-bond acceptors (Lipinski definition) is 4. The Morgan fingerprint density at radius 2 is 2.15 bits per heavy atom. The van der Waals surface area contributed by atoms with Crippen LogP contribution in [0.2, 0.25) is 5.02 Å². The van der Waals surface area contributed by atoms with Crippen molar-refractivity contribution in [3.05, 3.63) is 22.7 Å². The SMILES string of the molecule is COc1cc(NS(=O)(=O)CC2CC2)c(Cl)cc1C(=O)O. The van der Waals surface area contributed by atoms with E-state index in [2.05, 4.69) is 4.72 Å². The zero-order valence-corrected chi connectivity index (χ0v) is 12.3. The van der Waals surface area contributed by atoms with Crippen molar-refractivity contribution in [1.82, 2.24) is 0 Å². The van der Waals surface area contributed by atoms with Gasteiger partial charge in [0, 0.05) is 6.07 Å². The highest BCUT2D eigenvalue weighted by Crippen LogP contribution is 2.34. The number of aromatic carboxylic acids is 1. The molecule has 0 aromatic heterocycles. The van der Waals surface area contributed by atoms with Gasteiger partial charge in [-0.15, -0.1) is 0 Å². The van der Waals surface area contributed by atoms with E-state index in [0.29, 0.717) is 0 Å². The lowest BCUT2D eigenvalue weighted by Gasteiger charge is -2.12. The molecule has 1 aromatic carbocycles. The molecule has 0 aliphatic heterocycles. The van der Waals surface area contributed by atoms with Gasteiger partial charge in [-0.25, -0.2) is 13.2 Å². The molecule has 1 aromatic rings. The quantitative estimate of drug-likeness (QED) is 0.838. The maximum atomic E-state index is 11.9. The summed E-state index contributed by atoms with van der Waals surface area (Å²) in [5, 5.41) is 9.01. The third kappa shape index (κ3) is 3.55. The Labute approximate surface area is 121 Å². The molecule has 1 fully saturated rings. The Balaban J connectivity index is 2.29. The number of carboxylic acids is 1. The van der Waals surface area contributed by atoms with Crippen molar-refractivity contribution in [1.29, 1.82) is 0 Å². The number of methoxy groups -OCH3 is 1. The second kappa shape index (κ2) is 5.49. The van der Waals surface area contributed by atoms with Crippen molar-refractivity contribution >= 4 is 33.3 Å². The van der Waals surface area contributed by atoms with Crippen LogP contribution >= 0.6 is 11.6 Å². The van der Waals surface area contributed by atoms with Crippen LogP contribution in [0.3, 0.4) is 0 Å². The van der Waals surface area contributed by atoms with Crippen LogP contribution in [-0.4, -0.2) is 32.4 Å². The monoisotopic (exact) mass is 319 g/mol. The molecule has 0 spiro atoms. The summed E-state index contributed by atoms with van der Waals surface area (Å²) in [6.45, 7) is 0. The average Bonchev–Trinajstić information content (AvgIpc) is 3.13. The summed E-state index contributed by atoms with van der Waals surface area (Å²) in [7, 11) is -2.19. The van der Waals surface area contributed by atoms with E-state index < -0.39 is 16.0 Å². The van der Waals surface area contributed by atoms with E-state index in [1.54, 1.807) is 0 Å². The van der Waals surface area contributed by atoms with E-state index in [0.717, 1.165) is 18.9 Å². The molecule has 0 amide bonds. The summed E-state index contributed by atoms with van der Waals surface area (Å²) in [6, 6.07) is 2.44. The first kappa shape index (κ1) is 14.9. The minimum Gasteiger partial charge on any atom is -0.496 e. The number of nitrogens with one attached hydrogen (secondary N) is 1. The third-order valence-electron chi connectivity index (χ3n) is 2.94. The predicted molar refractivity (Wildman–Crippen MR) is 75.1 cm³/mol. The van der Waals surface area contributed by atoms with Gasteiger partial charge in [-0.2, -0.15) is 0 Å². The van der Waals surface area contributed by atoms with Crippen molar-refractivity contribution in [3.63, 3.8) is 0 Å². The van der Waals surface area contributed by atoms with Gasteiger partial charge >= 0.3 is 5.97 Å². The normalized spacial score (nSPS) is 14.9. The first-order valence-corrected chi connectivity index (χ1v) is 7.96. The van der Waals surface area contributed by atoms with Gasteiger partial charge in [-0.3, -0.25) is 4.72 Å². The van der Waals surface area contributed by atoms with Crippen molar-refractivity contribution in [2.75, 3.05) is 17.6 Å². The van der Waals surface area contributed by atoms with Crippen molar-refractivity contribution in [2.45, 2.75) is 12.8 Å². The fourth-order valence-corrected chi connectivity index (χ4v) is 3.58. The standard InChI is InChI=1S/C12H14ClNO5S/c1-19-11-5-10(9(13)4-8(11)12(15)16)14-20(17,18)6-7-2-3-7/h4-5,7,14H,2-3,6H2,1H3,(H,15,16). The number of benzene rings is 1. The van der Waals surface area contributed by atoms with Gasteiger partial charge in [-0.1, -0.05) is 11.6 Å². The summed E-state index contributed by atoms with van der Waals surface area (Å²) in [5.41, 5.74) is -0.00296. The smallest absolute Gasteiger partial charge is 0.339 e. The molecule has 0 radical (unpaired) electrons. The van der Waals surface area contributed by atoms with Crippen LogP contribution in [0.1, 0.15) is 23.2 Å². The number of anilines is 1. The molecule has 1 aliphatic carbocycles. The maximum absolute atomic E-state index is 11.9. The lowest BCUT2D eigenvalue weighted by molar-refractivity contribution is 0.0693. The number of ether oxygens (including phenoxy) is 1. The van der Waals surface area contributed by atoms with Crippen LogP contribution in [0, 0.1) is 5.92 Å². The molecule has 8 heteroatoms. The molecule has 20 heavy (non-hydrogen) atoms. The highest BCUT2D eigenvalue weighted by molar-refractivity contribution is 7.92. The lowest BCUT2D eigenvalue weighted by Crippen LogP contribution is -2.18. The Hall–Kier alpha value is -1.47. The zero-order chi connectivity index (χ0) is 14.9. The van der Waals surface area contributed by atoms with Gasteiger partial charge < -0.3 is 9.84 Å². The molecule has 0 saturated heterocycles. The Bertz CT molecular complexity index is 639. The highest BCUT2D eigenvalue weighted by atomic mass is 35.5. The van der Waals surface area contributed by atoms with E-state index in [1.807, 2.05) is 0 Å². The summed E-state index contributed by atoms with van der Waals surface area (Å²) in [5.74, 6) is -0.902. The van der Waals surface area contributed by atoms with Gasteiger partial charge in [0.2, 0.25) is 10.0 Å². The molecule has 0 unspecified atom stereocenters. The molecule has 110 valence electrons. The van der Waals surface area contributed by atoms with Crippen LogP contribution in [0.25, 0.3) is 0 Å². The highest BCUT2D eigenvalue weighted by Gasteiger charge is 2.28. The average molecular weight is 320 g/mol. The van der Waals surface area contributed by atoms with Crippen LogP contribution in [0.4, 0.5) is 5.69 Å². The third-order valence-corrected chi connectivity index (χ3v) is 4.69. The summed E-state index contributed by atoms with van der Waals surface area (Å²) >= 11 is 5.91. The molecular weight excluding hydrogens is 306 g/mol. The summed E-state index contributed by atoms with van der Waals surface area (Å²) in [4.78, 5) is 11.0. The van der Waals surface area contributed by atoms with Gasteiger partial charge in [0.25, 0.3) is 0 Å². The van der Waals surface area contributed by atoms with Gasteiger partial charge in [0.05, 0.1) is 23.6 Å². The van der Waals surface area contributed by atoms with E-state index >= 15 is 0 Å². The van der Waals surface area contributed by atoms with E-state index in [9.17, 15) is 13.2 Å². The first-order chi connectivity index (χ1) is 9.32. The zero-order valence-electron chi connectivity index (χ0n) is 10.7. The molecule has 6 nitrogen and oxygen atoms in total. The Morgan fingerprint density at radius 3 is 2.65 bits per heavy atom. The van der Waals surface area contributed by atoms with Gasteiger partial charge in [0.15, 0.2) is 0 Å². The van der Waals surface area contributed by atoms with Crippen molar-refractivity contribution < 1.29 is 23.1 Å². The van der Waals surface area contributed by atoms with E-state index in [4.69, 9.17) is 21.4 Å². The molecular formula is C12H14ClNO5S. The number of sulfonamides is 1. The topological polar surface area (TPSA) is 92.7 Å². The largest absolute Gasteiger partial charge is 0.496 e. The summed E-state index contributed by atoms with van der Waals surface area (Å²) < 4.78 is 31.1. The second-order valence-corrected chi connectivity index (χ2v) is 6.84. The molecule has 2 N–H and O–H groups in total. The molecule has 0 atom stereocenters. The van der Waals surface area contributed by atoms with E-state index in [-0.39, 0.29) is 33.7 Å². The summed E-state index contributed by atoms with van der Waals surface area (Å²) in [6.07, 6.45) is 1.83. The Morgan fingerprint density at radius 1 is 1.50 bits per heavy atom. The Kier molecular flexibility index (Phi) is 4.10. The van der Waals surface area contributed by atoms with Crippen molar-refractivity contribution in [2.24, 2.45) is 5.92 Å². The predicted octanol–water partition coefficient (Wildman–Crippen LogP) is 2.20. The molecule has 0 heterocycles. The fraction of sp³-hybridized carbons (Fsp3) is 0.417. The number of carboxylic acid groups (broad SMARTS) is 1. The molecule has 1 aliphatic rings. The van der Waals surface area contributed by atoms with Gasteiger partial charge in [0.1, 0.15) is 11.3 Å². The number of halogens is 1. The van der Waals surface area contributed by atoms with Crippen LogP contribution < -0.4 is 9.46 Å². The number of hydrogen-bond donors (Lipinski definition) is 2. The van der Waals surface area contributed by atoms with E-state index in [1.165, 1.54) is 13.2 Å². The van der Waals surface area contributed by atoms with Crippen molar-refractivity contribution in [3.8, 4) is 5.75 Å². The number of rotatable bonds is 6. The van der Waals surface area contributed by atoms with Gasteiger partial charge in [-0.05, 0) is 24.8 Å². The molecule has 1 saturated carbocycles. The molecule has 2 rings (SSSR count). The van der Waals surface area contributed by atoms with Crippen LogP contribution in [-0.2, 0) is 10.0 Å². The van der Waals surface area contributed by atoms with Crippen LogP contribution in [0.15, 0.2) is 12.1 Å². The molecule has 0 bridgehead atoms. The maximum Gasteiger partial charge on any atom is 0.339 e. The fourth-order valence-electron chi connectivity index (χ4n) is 1.77. The van der Waals surface area contributed by atoms with Crippen LogP contribution in [0.5, 0.6) is 5.75 Å². The minimum atomic E-state index is -3.49.